The maximum absolute atomic E-state index is 14.5. The maximum Gasteiger partial charge on any atom is 0.265 e. The van der Waals surface area contributed by atoms with Crippen molar-refractivity contribution in [2.24, 2.45) is 0 Å². The molecule has 1 spiro atoms. The Morgan fingerprint density at radius 1 is 0.879 bits per heavy atom. The molecule has 0 radical (unpaired) electrons. The average Bonchev–Trinajstić information content (AvgIpc) is 3.72. The lowest BCUT2D eigenvalue weighted by molar-refractivity contribution is -0.148. The van der Waals surface area contributed by atoms with E-state index in [1.165, 1.54) is 6.92 Å². The number of carbonyl (C=O) groups is 5. The number of benzene rings is 3. The third kappa shape index (κ3) is 10.3. The molecule has 5 N–H and O–H groups in total. The number of aliphatic hydroxyl groups excluding tert-OH is 1. The molecular formula is C41H47N7O10. The van der Waals surface area contributed by atoms with Crippen LogP contribution in [0.3, 0.4) is 0 Å². The molecular weight excluding hydrogens is 750 g/mol. The number of methoxy groups -OCH3 is 1. The molecule has 7 rings (SSSR count). The zero-order valence-corrected chi connectivity index (χ0v) is 32.3. The molecule has 3 aliphatic rings. The quantitative estimate of drug-likeness (QED) is 0.159. The van der Waals surface area contributed by atoms with Gasteiger partial charge in [0.2, 0.25) is 35.3 Å². The molecule has 0 saturated carbocycles. The second-order valence-electron chi connectivity index (χ2n) is 14.0. The van der Waals surface area contributed by atoms with Crippen LogP contribution in [-0.4, -0.2) is 113 Å². The van der Waals surface area contributed by atoms with Gasteiger partial charge in [0.05, 0.1) is 25.8 Å². The number of para-hydroxylation sites is 1. The van der Waals surface area contributed by atoms with Gasteiger partial charge in [-0.05, 0) is 48.9 Å². The van der Waals surface area contributed by atoms with Gasteiger partial charge >= 0.3 is 0 Å². The van der Waals surface area contributed by atoms with Gasteiger partial charge in [-0.25, -0.2) is 0 Å². The first-order chi connectivity index (χ1) is 28.1. The van der Waals surface area contributed by atoms with E-state index < -0.39 is 54.0 Å². The van der Waals surface area contributed by atoms with Gasteiger partial charge in [0.25, 0.3) is 5.91 Å². The van der Waals surface area contributed by atoms with Gasteiger partial charge in [0.1, 0.15) is 42.0 Å². The van der Waals surface area contributed by atoms with Gasteiger partial charge in [-0.15, -0.1) is 0 Å². The zero-order valence-electron chi connectivity index (χ0n) is 32.3. The van der Waals surface area contributed by atoms with Crippen molar-refractivity contribution in [3.63, 3.8) is 0 Å². The molecule has 58 heavy (non-hydrogen) atoms. The summed E-state index contributed by atoms with van der Waals surface area (Å²) < 4.78 is 23.1. The number of aryl methyl sites for hydroxylation is 1. The molecule has 306 valence electrons. The summed E-state index contributed by atoms with van der Waals surface area (Å²) in [6.07, 6.45) is 0.484. The van der Waals surface area contributed by atoms with Crippen LogP contribution in [0.5, 0.6) is 17.2 Å². The number of aromatic nitrogens is 2. The fourth-order valence-corrected chi connectivity index (χ4v) is 6.68. The number of rotatable bonds is 8. The summed E-state index contributed by atoms with van der Waals surface area (Å²) in [7, 11) is 1.55. The lowest BCUT2D eigenvalue weighted by atomic mass is 9.88. The standard InChI is InChI=1S/C41H47N7O10/c1-26-37(51)42-20-23-56-28-12-14-29(15-13-28)57-41(40(54)45-31(24-27-8-4-3-5-9-27)38(52)44-32(25-49)39(53)43-26)18-21-48(22-19-41)35(50)17-16-34-46-36(47-58-34)30-10-6-7-11-33(30)55-2/h3-15,26,31-32,49H,16-25H2,1-2H3,(H,42,51)(H,43,53)(H,44,52)(H,45,54)/t26-,31+,32-/m0/s1. The van der Waals surface area contributed by atoms with Gasteiger partial charge in [-0.3, -0.25) is 24.0 Å². The largest absolute Gasteiger partial charge is 0.496 e. The number of nitrogens with one attached hydrogen (secondary N) is 4. The van der Waals surface area contributed by atoms with Crippen molar-refractivity contribution in [2.75, 3.05) is 40.0 Å². The van der Waals surface area contributed by atoms with Crippen molar-refractivity contribution < 1.29 is 47.8 Å². The van der Waals surface area contributed by atoms with Gasteiger partial charge in [-0.2, -0.15) is 4.98 Å². The number of carbonyl (C=O) groups excluding carboxylic acids is 5. The van der Waals surface area contributed by atoms with Crippen molar-refractivity contribution in [2.45, 2.75) is 62.8 Å². The van der Waals surface area contributed by atoms with Crippen LogP contribution in [-0.2, 0) is 36.8 Å². The van der Waals surface area contributed by atoms with E-state index >= 15 is 0 Å². The summed E-state index contributed by atoms with van der Waals surface area (Å²) in [6.45, 7) is 1.28. The molecule has 5 amide bonds. The Morgan fingerprint density at radius 2 is 1.57 bits per heavy atom. The molecule has 2 bridgehead atoms. The van der Waals surface area contributed by atoms with Crippen LogP contribution < -0.4 is 35.5 Å². The number of amides is 5. The summed E-state index contributed by atoms with van der Waals surface area (Å²) in [5.41, 5.74) is -0.139. The number of ether oxygens (including phenoxy) is 3. The number of piperidine rings is 1. The molecule has 17 nitrogen and oxygen atoms in total. The van der Waals surface area contributed by atoms with Crippen molar-refractivity contribution in [1.82, 2.24) is 36.3 Å². The molecule has 17 heteroatoms. The molecule has 4 aromatic rings. The van der Waals surface area contributed by atoms with Crippen LogP contribution >= 0.6 is 0 Å². The summed E-state index contributed by atoms with van der Waals surface area (Å²) in [4.78, 5) is 73.7. The minimum atomic E-state index is -1.52. The molecule has 1 aromatic heterocycles. The highest BCUT2D eigenvalue weighted by Gasteiger charge is 2.46. The Labute approximate surface area is 334 Å². The number of aliphatic hydroxyl groups is 1. The van der Waals surface area contributed by atoms with Crippen molar-refractivity contribution >= 4 is 29.5 Å². The SMILES string of the molecule is COc1ccccc1-c1noc(CCC(=O)N2CCC3(CC2)Oc2ccc(cc2)OCCNC(=O)[C@H](C)NC(=O)[C@H](CO)NC(=O)[C@@H](Cc2ccccc2)NC3=O)n1. The second-order valence-corrected chi connectivity index (χ2v) is 14.0. The van der Waals surface area contributed by atoms with Gasteiger partial charge < -0.3 is 50.0 Å². The molecule has 1 saturated heterocycles. The average molecular weight is 798 g/mol. The monoisotopic (exact) mass is 797 g/mol. The van der Waals surface area contributed by atoms with Crippen LogP contribution in [0.2, 0.25) is 0 Å². The fourth-order valence-electron chi connectivity index (χ4n) is 6.68. The van der Waals surface area contributed by atoms with Crippen LogP contribution in [0.15, 0.2) is 83.4 Å². The zero-order chi connectivity index (χ0) is 41.1. The first-order valence-corrected chi connectivity index (χ1v) is 19.1. The number of likely N-dealkylation sites (tertiary alicyclic amines) is 1. The number of hydrogen-bond acceptors (Lipinski definition) is 12. The van der Waals surface area contributed by atoms with E-state index in [1.807, 2.05) is 24.3 Å². The molecule has 3 atom stereocenters. The Balaban J connectivity index is 1.21. The molecule has 0 aliphatic carbocycles. The first-order valence-electron chi connectivity index (χ1n) is 19.1. The predicted molar refractivity (Wildman–Crippen MR) is 207 cm³/mol. The Bertz CT molecular complexity index is 2050. The first kappa shape index (κ1) is 41.2. The minimum Gasteiger partial charge on any atom is -0.496 e. The van der Waals surface area contributed by atoms with E-state index in [9.17, 15) is 29.1 Å². The molecule has 3 aliphatic heterocycles. The summed E-state index contributed by atoms with van der Waals surface area (Å²) >= 11 is 0. The molecule has 4 heterocycles. The highest BCUT2D eigenvalue weighted by atomic mass is 16.5. The number of hydrogen-bond donors (Lipinski definition) is 5. The lowest BCUT2D eigenvalue weighted by Crippen LogP contribution is -2.62. The topological polar surface area (TPSA) is 224 Å². The highest BCUT2D eigenvalue weighted by molar-refractivity contribution is 5.95. The number of fused-ring (bicyclic) bond motifs is 15. The van der Waals surface area contributed by atoms with Crippen LogP contribution in [0.1, 0.15) is 37.6 Å². The van der Waals surface area contributed by atoms with E-state index in [-0.39, 0.29) is 70.1 Å². The summed E-state index contributed by atoms with van der Waals surface area (Å²) in [5.74, 6) is -0.748. The third-order valence-electron chi connectivity index (χ3n) is 9.99. The van der Waals surface area contributed by atoms with Crippen molar-refractivity contribution in [1.29, 1.82) is 0 Å². The third-order valence-corrected chi connectivity index (χ3v) is 9.99. The van der Waals surface area contributed by atoms with Gasteiger partial charge in [-0.1, -0.05) is 47.6 Å². The smallest absolute Gasteiger partial charge is 0.265 e. The maximum atomic E-state index is 14.5. The van der Waals surface area contributed by atoms with Crippen LogP contribution in [0.4, 0.5) is 0 Å². The molecule has 1 fully saturated rings. The Kier molecular flexibility index (Phi) is 13.6. The summed E-state index contributed by atoms with van der Waals surface area (Å²) in [6, 6.07) is 19.3. The van der Waals surface area contributed by atoms with Crippen LogP contribution in [0.25, 0.3) is 11.4 Å². The van der Waals surface area contributed by atoms with E-state index in [0.717, 1.165) is 5.56 Å². The normalized spacial score (nSPS) is 20.5. The van der Waals surface area contributed by atoms with Crippen molar-refractivity contribution in [3.8, 4) is 28.6 Å². The number of nitrogens with zero attached hydrogens (tertiary/aromatic N) is 3. The lowest BCUT2D eigenvalue weighted by Gasteiger charge is -2.41. The van der Waals surface area contributed by atoms with Gasteiger partial charge in [0, 0.05) is 45.2 Å². The second kappa shape index (κ2) is 19.1. The van der Waals surface area contributed by atoms with Crippen LogP contribution in [0, 0.1) is 0 Å². The van der Waals surface area contributed by atoms with E-state index in [0.29, 0.717) is 28.6 Å². The predicted octanol–water partition coefficient (Wildman–Crippen LogP) is 1.34. The summed E-state index contributed by atoms with van der Waals surface area (Å²) in [5, 5.41) is 24.7. The fraction of sp³-hybridized carbons (Fsp3) is 0.390. The van der Waals surface area contributed by atoms with E-state index in [1.54, 1.807) is 66.6 Å². The van der Waals surface area contributed by atoms with Gasteiger partial charge in [0.15, 0.2) is 5.60 Å². The van der Waals surface area contributed by atoms with E-state index in [2.05, 4.69) is 31.4 Å². The highest BCUT2D eigenvalue weighted by Crippen LogP contribution is 2.32. The Hall–Kier alpha value is -6.49. The molecule has 0 unspecified atom stereocenters. The van der Waals surface area contributed by atoms with E-state index in [4.69, 9.17) is 18.7 Å². The molecule has 3 aromatic carbocycles. The minimum absolute atomic E-state index is 0.0398. The van der Waals surface area contributed by atoms with Crippen molar-refractivity contribution in [3.05, 3.63) is 90.3 Å². The Morgan fingerprint density at radius 3 is 2.29 bits per heavy atom.